The van der Waals surface area contributed by atoms with Gasteiger partial charge in [-0.25, -0.2) is 0 Å². The van der Waals surface area contributed by atoms with Crippen LogP contribution in [0.1, 0.15) is 20.3 Å². The Balaban J connectivity index is 4.14. The Labute approximate surface area is 104 Å². The van der Waals surface area contributed by atoms with Crippen molar-refractivity contribution >= 4 is 17.5 Å². The van der Waals surface area contributed by atoms with Crippen LogP contribution in [0, 0.1) is 5.41 Å². The number of hydrogen-bond donors (Lipinski definition) is 1. The highest BCUT2D eigenvalue weighted by Crippen LogP contribution is 2.09. The SMILES string of the molecule is C=C(C)/C(=C/C)C(=N)/C=C/C/C=C\CSC. The average Bonchev–Trinajstić information content (AvgIpc) is 2.23. The molecule has 1 N–H and O–H groups in total. The Morgan fingerprint density at radius 1 is 1.31 bits per heavy atom. The molecule has 0 rings (SSSR count). The van der Waals surface area contributed by atoms with Crippen LogP contribution in [0.4, 0.5) is 0 Å². The molecule has 0 aromatic carbocycles. The molecule has 0 radical (unpaired) electrons. The summed E-state index contributed by atoms with van der Waals surface area (Å²) in [4.78, 5) is 0. The summed E-state index contributed by atoms with van der Waals surface area (Å²) < 4.78 is 0. The molecule has 0 amide bonds. The standard InChI is InChI=1S/C14H21NS/c1-5-13(12(2)3)14(15)10-8-6-7-9-11-16-4/h5,7-10,15H,2,6,11H2,1,3-4H3/b9-7-,10-8+,13-5-,15-14?. The lowest BCUT2D eigenvalue weighted by Crippen LogP contribution is -1.97. The monoisotopic (exact) mass is 235 g/mol. The van der Waals surface area contributed by atoms with E-state index in [-0.39, 0.29) is 0 Å². The van der Waals surface area contributed by atoms with E-state index in [1.165, 1.54) is 0 Å². The molecule has 0 aliphatic carbocycles. The summed E-state index contributed by atoms with van der Waals surface area (Å²) in [5.41, 5.74) is 2.40. The van der Waals surface area contributed by atoms with E-state index in [4.69, 9.17) is 5.41 Å². The van der Waals surface area contributed by atoms with Crippen molar-refractivity contribution in [3.63, 3.8) is 0 Å². The molecule has 0 spiro atoms. The lowest BCUT2D eigenvalue weighted by molar-refractivity contribution is 1.37. The molecule has 0 saturated carbocycles. The minimum Gasteiger partial charge on any atom is -0.300 e. The summed E-state index contributed by atoms with van der Waals surface area (Å²) >= 11 is 1.80. The molecule has 0 aromatic rings. The first-order chi connectivity index (χ1) is 7.63. The van der Waals surface area contributed by atoms with Crippen LogP contribution < -0.4 is 0 Å². The van der Waals surface area contributed by atoms with Crippen LogP contribution >= 0.6 is 11.8 Å². The van der Waals surface area contributed by atoms with E-state index in [9.17, 15) is 0 Å². The zero-order valence-electron chi connectivity index (χ0n) is 10.4. The van der Waals surface area contributed by atoms with Gasteiger partial charge < -0.3 is 5.41 Å². The maximum Gasteiger partial charge on any atom is 0.0608 e. The molecule has 0 aliphatic rings. The summed E-state index contributed by atoms with van der Waals surface area (Å²) in [5.74, 6) is 1.05. The van der Waals surface area contributed by atoms with Gasteiger partial charge in [0.15, 0.2) is 0 Å². The Bertz CT molecular complexity index is 322. The molecule has 0 heterocycles. The second kappa shape index (κ2) is 9.22. The first kappa shape index (κ1) is 15.0. The van der Waals surface area contributed by atoms with Gasteiger partial charge in [0.05, 0.1) is 5.71 Å². The van der Waals surface area contributed by atoms with Crippen molar-refractivity contribution in [1.29, 1.82) is 5.41 Å². The number of thioether (sulfide) groups is 1. The fraction of sp³-hybridized carbons (Fsp3) is 0.357. The smallest absolute Gasteiger partial charge is 0.0608 e. The van der Waals surface area contributed by atoms with E-state index in [1.54, 1.807) is 11.8 Å². The highest BCUT2D eigenvalue weighted by molar-refractivity contribution is 7.98. The molecule has 88 valence electrons. The fourth-order valence-corrected chi connectivity index (χ4v) is 1.58. The number of rotatable bonds is 7. The number of allylic oxidation sites excluding steroid dienone is 6. The van der Waals surface area contributed by atoms with E-state index in [1.807, 2.05) is 32.1 Å². The van der Waals surface area contributed by atoms with Crippen molar-refractivity contribution in [2.24, 2.45) is 0 Å². The zero-order valence-corrected chi connectivity index (χ0v) is 11.2. The maximum absolute atomic E-state index is 7.85. The van der Waals surface area contributed by atoms with Crippen LogP contribution in [0.5, 0.6) is 0 Å². The van der Waals surface area contributed by atoms with Gasteiger partial charge in [-0.15, -0.1) is 0 Å². The summed E-state index contributed by atoms with van der Waals surface area (Å²) in [5, 5.41) is 7.85. The lowest BCUT2D eigenvalue weighted by atomic mass is 10.0. The fourth-order valence-electron chi connectivity index (χ4n) is 1.25. The quantitative estimate of drug-likeness (QED) is 0.395. The van der Waals surface area contributed by atoms with Gasteiger partial charge in [-0.2, -0.15) is 11.8 Å². The van der Waals surface area contributed by atoms with Gasteiger partial charge in [-0.1, -0.05) is 30.9 Å². The minimum absolute atomic E-state index is 0.535. The molecule has 0 bridgehead atoms. The largest absolute Gasteiger partial charge is 0.300 e. The Morgan fingerprint density at radius 3 is 2.50 bits per heavy atom. The normalized spacial score (nSPS) is 12.6. The van der Waals surface area contributed by atoms with E-state index in [0.29, 0.717) is 5.71 Å². The molecule has 2 heteroatoms. The molecular weight excluding hydrogens is 214 g/mol. The van der Waals surface area contributed by atoms with E-state index >= 15 is 0 Å². The Kier molecular flexibility index (Phi) is 8.64. The first-order valence-corrected chi connectivity index (χ1v) is 6.74. The van der Waals surface area contributed by atoms with Crippen molar-refractivity contribution in [1.82, 2.24) is 0 Å². The summed E-state index contributed by atoms with van der Waals surface area (Å²) in [6.45, 7) is 7.72. The molecule has 16 heavy (non-hydrogen) atoms. The molecule has 0 aromatic heterocycles. The average molecular weight is 235 g/mol. The Morgan fingerprint density at radius 2 is 2.00 bits per heavy atom. The zero-order chi connectivity index (χ0) is 12.4. The topological polar surface area (TPSA) is 23.9 Å². The lowest BCUT2D eigenvalue weighted by Gasteiger charge is -2.03. The third kappa shape index (κ3) is 6.46. The predicted octanol–water partition coefficient (Wildman–Crippen LogP) is 4.39. The minimum atomic E-state index is 0.535. The van der Waals surface area contributed by atoms with Crippen molar-refractivity contribution in [3.05, 3.63) is 48.1 Å². The van der Waals surface area contributed by atoms with Crippen LogP contribution in [0.25, 0.3) is 0 Å². The van der Waals surface area contributed by atoms with Gasteiger partial charge in [0.25, 0.3) is 0 Å². The summed E-state index contributed by atoms with van der Waals surface area (Å²) in [6, 6.07) is 0. The second-order valence-corrected chi connectivity index (χ2v) is 4.37. The van der Waals surface area contributed by atoms with Crippen LogP contribution in [0.3, 0.4) is 0 Å². The highest BCUT2D eigenvalue weighted by atomic mass is 32.2. The highest BCUT2D eigenvalue weighted by Gasteiger charge is 1.99. The molecule has 0 unspecified atom stereocenters. The van der Waals surface area contributed by atoms with Crippen LogP contribution in [0.15, 0.2) is 48.1 Å². The maximum atomic E-state index is 7.85. The van der Waals surface area contributed by atoms with Crippen molar-refractivity contribution in [2.75, 3.05) is 12.0 Å². The predicted molar refractivity (Wildman–Crippen MR) is 77.6 cm³/mol. The van der Waals surface area contributed by atoms with Crippen LogP contribution in [-0.4, -0.2) is 17.7 Å². The Hall–Kier alpha value is -1.02. The number of hydrogen-bond acceptors (Lipinski definition) is 2. The van der Waals surface area contributed by atoms with Gasteiger partial charge in [0.2, 0.25) is 0 Å². The van der Waals surface area contributed by atoms with Gasteiger partial charge in [-0.05, 0) is 43.7 Å². The van der Waals surface area contributed by atoms with E-state index < -0.39 is 0 Å². The molecular formula is C14H21NS. The van der Waals surface area contributed by atoms with E-state index in [2.05, 4.69) is 25.0 Å². The van der Waals surface area contributed by atoms with Crippen molar-refractivity contribution < 1.29 is 0 Å². The van der Waals surface area contributed by atoms with Gasteiger partial charge in [0, 0.05) is 5.75 Å². The molecule has 1 nitrogen and oxygen atoms in total. The molecule has 0 aliphatic heterocycles. The van der Waals surface area contributed by atoms with E-state index in [0.717, 1.165) is 23.3 Å². The third-order valence-corrected chi connectivity index (χ3v) is 2.55. The van der Waals surface area contributed by atoms with Gasteiger partial charge in [-0.3, -0.25) is 0 Å². The van der Waals surface area contributed by atoms with Crippen molar-refractivity contribution in [3.8, 4) is 0 Å². The number of nitrogens with one attached hydrogen (secondary N) is 1. The third-order valence-electron chi connectivity index (χ3n) is 2.02. The molecule has 0 saturated heterocycles. The summed E-state index contributed by atoms with van der Waals surface area (Å²) in [6.07, 6.45) is 13.0. The van der Waals surface area contributed by atoms with Gasteiger partial charge in [0.1, 0.15) is 0 Å². The second-order valence-electron chi connectivity index (χ2n) is 3.46. The van der Waals surface area contributed by atoms with Crippen LogP contribution in [-0.2, 0) is 0 Å². The van der Waals surface area contributed by atoms with Gasteiger partial charge >= 0.3 is 0 Å². The molecule has 0 atom stereocenters. The molecule has 0 fully saturated rings. The van der Waals surface area contributed by atoms with Crippen LogP contribution in [0.2, 0.25) is 0 Å². The van der Waals surface area contributed by atoms with Crippen molar-refractivity contribution in [2.45, 2.75) is 20.3 Å². The summed E-state index contributed by atoms with van der Waals surface area (Å²) in [7, 11) is 0. The first-order valence-electron chi connectivity index (χ1n) is 5.35.